The van der Waals surface area contributed by atoms with Gasteiger partial charge in [0.05, 0.1) is 0 Å². The van der Waals surface area contributed by atoms with Crippen molar-refractivity contribution in [1.82, 2.24) is 0 Å². The van der Waals surface area contributed by atoms with Crippen LogP contribution in [0.5, 0.6) is 0 Å². The summed E-state index contributed by atoms with van der Waals surface area (Å²) < 4.78 is 30.8. The van der Waals surface area contributed by atoms with Crippen LogP contribution in [0.3, 0.4) is 0 Å². The highest BCUT2D eigenvalue weighted by Gasteiger charge is 2.47. The van der Waals surface area contributed by atoms with E-state index in [-0.39, 0.29) is 0 Å². The molecule has 0 aromatic heterocycles. The minimum atomic E-state index is -4.76. The molecule has 0 aromatic carbocycles. The number of carbonyl (C=O) groups is 1. The maximum absolute atomic E-state index is 11.2. The highest BCUT2D eigenvalue weighted by molar-refractivity contribution is 7.85. The number of aliphatic hydroxyl groups excluding tert-OH is 2. The fraction of sp³-hybridized carbons (Fsp3) is 0.850. The topological polar surface area (TPSA) is 158 Å². The predicted octanol–water partition coefficient (Wildman–Crippen LogP) is 2.49. The SMILES string of the molecule is CC(C)CCCCCCCCCC/C=C/C(O)C(O)C(N)(CS(=O)(=O)O)C(=O)O. The van der Waals surface area contributed by atoms with Crippen molar-refractivity contribution < 1.29 is 33.1 Å². The third-order valence-corrected chi connectivity index (χ3v) is 5.75. The van der Waals surface area contributed by atoms with Gasteiger partial charge in [-0.2, -0.15) is 8.42 Å². The van der Waals surface area contributed by atoms with E-state index in [4.69, 9.17) is 15.4 Å². The molecule has 0 rings (SSSR count). The third-order valence-electron chi connectivity index (χ3n) is 4.91. The lowest BCUT2D eigenvalue weighted by Crippen LogP contribution is -2.64. The second kappa shape index (κ2) is 14.1. The lowest BCUT2D eigenvalue weighted by Gasteiger charge is -2.30. The summed E-state index contributed by atoms with van der Waals surface area (Å²) in [6.07, 6.45) is 10.3. The largest absolute Gasteiger partial charge is 0.480 e. The molecule has 0 aliphatic heterocycles. The molecular weight excluding hydrogens is 398 g/mol. The van der Waals surface area contributed by atoms with Crippen molar-refractivity contribution in [2.45, 2.75) is 95.8 Å². The summed E-state index contributed by atoms with van der Waals surface area (Å²) in [5.74, 6) is -2.46. The number of hydrogen-bond acceptors (Lipinski definition) is 6. The monoisotopic (exact) mass is 437 g/mol. The number of carboxylic acids is 1. The fourth-order valence-corrected chi connectivity index (χ4v) is 3.99. The van der Waals surface area contributed by atoms with Crippen LogP contribution in [0.2, 0.25) is 0 Å². The molecule has 6 N–H and O–H groups in total. The number of aliphatic hydroxyl groups is 2. The number of carboxylic acid groups (broad SMARTS) is 1. The standard InChI is InChI=1S/C20H39NO7S/c1-16(2)13-11-9-7-5-3-4-6-8-10-12-14-17(22)18(23)20(21,19(24)25)15-29(26,27)28/h12,14,16-18,22-23H,3-11,13,15,21H2,1-2H3,(H,24,25)(H,26,27,28)/b14-12+. The number of allylic oxidation sites excluding steroid dienone is 1. The van der Waals surface area contributed by atoms with Gasteiger partial charge in [0.25, 0.3) is 10.1 Å². The van der Waals surface area contributed by atoms with Crippen LogP contribution in [-0.2, 0) is 14.9 Å². The lowest BCUT2D eigenvalue weighted by molar-refractivity contribution is -0.149. The quantitative estimate of drug-likeness (QED) is 0.132. The van der Waals surface area contributed by atoms with Crippen molar-refractivity contribution >= 4 is 16.1 Å². The summed E-state index contributed by atoms with van der Waals surface area (Å²) in [6.45, 7) is 4.48. The van der Waals surface area contributed by atoms with E-state index in [2.05, 4.69) is 13.8 Å². The molecule has 0 fully saturated rings. The molecule has 3 unspecified atom stereocenters. The van der Waals surface area contributed by atoms with Gasteiger partial charge in [-0.25, -0.2) is 0 Å². The van der Waals surface area contributed by atoms with Crippen molar-refractivity contribution in [3.05, 3.63) is 12.2 Å². The summed E-state index contributed by atoms with van der Waals surface area (Å²) in [5, 5.41) is 29.0. The van der Waals surface area contributed by atoms with Gasteiger partial charge in [0.1, 0.15) is 18.0 Å². The van der Waals surface area contributed by atoms with Gasteiger partial charge in [0.15, 0.2) is 5.54 Å². The smallest absolute Gasteiger partial charge is 0.327 e. The summed E-state index contributed by atoms with van der Waals surface area (Å²) in [7, 11) is -4.76. The number of nitrogens with two attached hydrogens (primary N) is 1. The van der Waals surface area contributed by atoms with E-state index in [9.17, 15) is 23.4 Å². The Balaban J connectivity index is 4.10. The molecule has 172 valence electrons. The van der Waals surface area contributed by atoms with Crippen LogP contribution in [0.25, 0.3) is 0 Å². The maximum atomic E-state index is 11.2. The Morgan fingerprint density at radius 1 is 1.00 bits per heavy atom. The molecule has 0 amide bonds. The molecular formula is C20H39NO7S. The predicted molar refractivity (Wildman–Crippen MR) is 113 cm³/mol. The van der Waals surface area contributed by atoms with E-state index in [1.165, 1.54) is 44.6 Å². The van der Waals surface area contributed by atoms with Crippen LogP contribution < -0.4 is 5.73 Å². The van der Waals surface area contributed by atoms with Gasteiger partial charge < -0.3 is 21.1 Å². The van der Waals surface area contributed by atoms with E-state index in [0.29, 0.717) is 6.42 Å². The fourth-order valence-electron chi connectivity index (χ4n) is 3.10. The van der Waals surface area contributed by atoms with E-state index < -0.39 is 39.6 Å². The minimum Gasteiger partial charge on any atom is -0.480 e. The highest BCUT2D eigenvalue weighted by atomic mass is 32.2. The lowest BCUT2D eigenvalue weighted by atomic mass is 9.91. The van der Waals surface area contributed by atoms with Gasteiger partial charge in [-0.1, -0.05) is 77.4 Å². The molecule has 0 saturated heterocycles. The van der Waals surface area contributed by atoms with Gasteiger partial charge in [-0.15, -0.1) is 0 Å². The number of rotatable bonds is 17. The van der Waals surface area contributed by atoms with E-state index in [1.807, 2.05) is 0 Å². The van der Waals surface area contributed by atoms with Gasteiger partial charge in [0, 0.05) is 0 Å². The van der Waals surface area contributed by atoms with Crippen LogP contribution in [0.4, 0.5) is 0 Å². The molecule has 0 spiro atoms. The molecule has 0 aromatic rings. The number of hydrogen-bond donors (Lipinski definition) is 5. The Kier molecular flexibility index (Phi) is 13.6. The molecule has 0 aliphatic rings. The van der Waals surface area contributed by atoms with Crippen molar-refractivity contribution in [2.75, 3.05) is 5.75 Å². The van der Waals surface area contributed by atoms with Gasteiger partial charge in [-0.05, 0) is 18.8 Å². The Morgan fingerprint density at radius 2 is 1.48 bits per heavy atom. The molecule has 0 bridgehead atoms. The van der Waals surface area contributed by atoms with Gasteiger partial charge in [-0.3, -0.25) is 9.35 Å². The zero-order valence-corrected chi connectivity index (χ0v) is 18.5. The Morgan fingerprint density at radius 3 is 1.93 bits per heavy atom. The summed E-state index contributed by atoms with van der Waals surface area (Å²) in [5.41, 5.74) is 2.72. The van der Waals surface area contributed by atoms with Crippen molar-refractivity contribution in [3.63, 3.8) is 0 Å². The average Bonchev–Trinajstić information content (AvgIpc) is 2.59. The Labute approximate surface area is 174 Å². The molecule has 8 nitrogen and oxygen atoms in total. The van der Waals surface area contributed by atoms with Crippen molar-refractivity contribution in [2.24, 2.45) is 11.7 Å². The Hall–Kier alpha value is -1.00. The van der Waals surface area contributed by atoms with E-state index in [1.54, 1.807) is 6.08 Å². The van der Waals surface area contributed by atoms with E-state index >= 15 is 0 Å². The number of aliphatic carboxylic acids is 1. The Bertz CT molecular complexity index is 592. The van der Waals surface area contributed by atoms with Crippen LogP contribution >= 0.6 is 0 Å². The molecule has 29 heavy (non-hydrogen) atoms. The first kappa shape index (κ1) is 28.0. The highest BCUT2D eigenvalue weighted by Crippen LogP contribution is 2.17. The first-order valence-corrected chi connectivity index (χ1v) is 12.0. The summed E-state index contributed by atoms with van der Waals surface area (Å²) in [4.78, 5) is 11.2. The van der Waals surface area contributed by atoms with Crippen LogP contribution in [0, 0.1) is 5.92 Å². The summed E-state index contributed by atoms with van der Waals surface area (Å²) >= 11 is 0. The van der Waals surface area contributed by atoms with Crippen LogP contribution in [0.15, 0.2) is 12.2 Å². The molecule has 0 saturated carbocycles. The zero-order chi connectivity index (χ0) is 22.5. The molecule has 0 aliphatic carbocycles. The maximum Gasteiger partial charge on any atom is 0.327 e. The minimum absolute atomic E-state index is 0.640. The first-order valence-electron chi connectivity index (χ1n) is 10.4. The van der Waals surface area contributed by atoms with E-state index in [0.717, 1.165) is 25.2 Å². The molecule has 0 heterocycles. The average molecular weight is 438 g/mol. The second-order valence-electron chi connectivity index (χ2n) is 8.23. The van der Waals surface area contributed by atoms with Crippen molar-refractivity contribution in [3.8, 4) is 0 Å². The van der Waals surface area contributed by atoms with Crippen LogP contribution in [0.1, 0.15) is 78.1 Å². The number of unbranched alkanes of at least 4 members (excludes halogenated alkanes) is 8. The molecule has 9 heteroatoms. The zero-order valence-electron chi connectivity index (χ0n) is 17.7. The van der Waals surface area contributed by atoms with Gasteiger partial charge >= 0.3 is 5.97 Å². The normalized spacial score (nSPS) is 16.8. The van der Waals surface area contributed by atoms with Gasteiger partial charge in [0.2, 0.25) is 0 Å². The third kappa shape index (κ3) is 13.0. The molecule has 0 radical (unpaired) electrons. The van der Waals surface area contributed by atoms with Crippen molar-refractivity contribution in [1.29, 1.82) is 0 Å². The second-order valence-corrected chi connectivity index (χ2v) is 9.69. The first-order chi connectivity index (χ1) is 13.4. The summed E-state index contributed by atoms with van der Waals surface area (Å²) in [6, 6.07) is 0. The molecule has 3 atom stereocenters. The van der Waals surface area contributed by atoms with Crippen LogP contribution in [-0.4, -0.2) is 57.8 Å².